The summed E-state index contributed by atoms with van der Waals surface area (Å²) in [5.41, 5.74) is 1.02. The lowest BCUT2D eigenvalue weighted by atomic mass is 10.2. The van der Waals surface area contributed by atoms with Gasteiger partial charge in [0.1, 0.15) is 5.82 Å². The molecule has 0 amide bonds. The predicted octanol–water partition coefficient (Wildman–Crippen LogP) is 2.61. The topological polar surface area (TPSA) is 50.3 Å². The molecule has 1 aliphatic heterocycles. The third kappa shape index (κ3) is 4.63. The van der Waals surface area contributed by atoms with E-state index in [4.69, 9.17) is 4.74 Å². The van der Waals surface area contributed by atoms with E-state index in [9.17, 15) is 0 Å². The molecule has 5 heteroatoms. The van der Waals surface area contributed by atoms with Gasteiger partial charge in [0.25, 0.3) is 0 Å². The average molecular weight is 278 g/mol. The number of ether oxygens (including phenoxy) is 1. The Morgan fingerprint density at radius 2 is 1.95 bits per heavy atom. The molecule has 0 radical (unpaired) electrons. The van der Waals surface area contributed by atoms with Crippen LogP contribution < -0.4 is 10.2 Å². The molecule has 0 atom stereocenters. The van der Waals surface area contributed by atoms with Crippen molar-refractivity contribution in [1.29, 1.82) is 0 Å². The Kier molecular flexibility index (Phi) is 6.05. The van der Waals surface area contributed by atoms with Crippen molar-refractivity contribution in [2.45, 2.75) is 39.0 Å². The molecule has 0 unspecified atom stereocenters. The number of hydrogen-bond acceptors (Lipinski definition) is 5. The maximum absolute atomic E-state index is 5.05. The Morgan fingerprint density at radius 3 is 2.65 bits per heavy atom. The van der Waals surface area contributed by atoms with Crippen molar-refractivity contribution in [2.75, 3.05) is 43.6 Å². The number of hydrogen-bond donors (Lipinski definition) is 1. The first kappa shape index (κ1) is 15.0. The van der Waals surface area contributed by atoms with Crippen molar-refractivity contribution in [3.05, 3.63) is 11.8 Å². The molecule has 0 spiro atoms. The molecule has 2 rings (SSSR count). The number of aryl methyl sites for hydroxylation is 1. The van der Waals surface area contributed by atoms with Gasteiger partial charge in [-0.05, 0) is 26.2 Å². The highest BCUT2D eigenvalue weighted by molar-refractivity contribution is 5.44. The lowest BCUT2D eigenvalue weighted by molar-refractivity contribution is 0.197. The normalized spacial score (nSPS) is 16.0. The van der Waals surface area contributed by atoms with Crippen LogP contribution in [0.2, 0.25) is 0 Å². The molecule has 2 heterocycles. The zero-order valence-electron chi connectivity index (χ0n) is 12.7. The number of rotatable bonds is 6. The summed E-state index contributed by atoms with van der Waals surface area (Å²) < 4.78 is 5.05. The van der Waals surface area contributed by atoms with E-state index in [0.717, 1.165) is 50.1 Å². The lowest BCUT2D eigenvalue weighted by Crippen LogP contribution is -2.25. The molecule has 1 N–H and O–H groups in total. The first-order valence-corrected chi connectivity index (χ1v) is 7.63. The van der Waals surface area contributed by atoms with Crippen molar-refractivity contribution in [2.24, 2.45) is 0 Å². The highest BCUT2D eigenvalue weighted by atomic mass is 16.5. The quantitative estimate of drug-likeness (QED) is 0.811. The van der Waals surface area contributed by atoms with Gasteiger partial charge in [0.2, 0.25) is 5.95 Å². The van der Waals surface area contributed by atoms with Crippen molar-refractivity contribution < 1.29 is 4.74 Å². The van der Waals surface area contributed by atoms with Crippen LogP contribution in [0, 0.1) is 6.92 Å². The van der Waals surface area contributed by atoms with E-state index in [0.29, 0.717) is 0 Å². The molecule has 1 aromatic rings. The zero-order valence-corrected chi connectivity index (χ0v) is 12.7. The molecule has 0 saturated carbocycles. The third-order valence-electron chi connectivity index (χ3n) is 3.58. The minimum atomic E-state index is 0.736. The van der Waals surface area contributed by atoms with E-state index in [-0.39, 0.29) is 0 Å². The number of nitrogens with zero attached hydrogens (tertiary/aromatic N) is 3. The van der Waals surface area contributed by atoms with Gasteiger partial charge in [0.15, 0.2) is 0 Å². The van der Waals surface area contributed by atoms with Crippen LogP contribution in [-0.4, -0.2) is 43.3 Å². The fourth-order valence-corrected chi connectivity index (χ4v) is 2.51. The maximum Gasteiger partial charge on any atom is 0.224 e. The highest BCUT2D eigenvalue weighted by Gasteiger charge is 2.12. The lowest BCUT2D eigenvalue weighted by Gasteiger charge is -2.22. The summed E-state index contributed by atoms with van der Waals surface area (Å²) in [6, 6.07) is 2.09. The molecule has 112 valence electrons. The van der Waals surface area contributed by atoms with Crippen molar-refractivity contribution in [3.63, 3.8) is 0 Å². The van der Waals surface area contributed by atoms with Crippen molar-refractivity contribution in [1.82, 2.24) is 9.97 Å². The summed E-state index contributed by atoms with van der Waals surface area (Å²) in [5, 5.41) is 3.29. The van der Waals surface area contributed by atoms with Crippen molar-refractivity contribution >= 4 is 11.8 Å². The van der Waals surface area contributed by atoms with Crippen LogP contribution in [0.3, 0.4) is 0 Å². The van der Waals surface area contributed by atoms with E-state index in [2.05, 4.69) is 26.3 Å². The molecule has 0 bridgehead atoms. The minimum absolute atomic E-state index is 0.736. The second kappa shape index (κ2) is 8.04. The van der Waals surface area contributed by atoms with Gasteiger partial charge in [0.05, 0.1) is 0 Å². The van der Waals surface area contributed by atoms with E-state index >= 15 is 0 Å². The van der Waals surface area contributed by atoms with Crippen LogP contribution in [0.5, 0.6) is 0 Å². The van der Waals surface area contributed by atoms with Crippen molar-refractivity contribution in [3.8, 4) is 0 Å². The third-order valence-corrected chi connectivity index (χ3v) is 3.58. The Labute approximate surface area is 121 Å². The summed E-state index contributed by atoms with van der Waals surface area (Å²) in [5.74, 6) is 1.80. The number of nitrogens with one attached hydrogen (secondary N) is 1. The molecule has 1 fully saturated rings. The standard InChI is InChI=1S/C15H26N4O/c1-13-12-14(19-9-5-3-4-6-10-19)18-15(17-13)16-8-7-11-20-2/h12H,3-11H2,1-2H3,(H,16,17,18). The highest BCUT2D eigenvalue weighted by Crippen LogP contribution is 2.19. The molecule has 1 aromatic heterocycles. The monoisotopic (exact) mass is 278 g/mol. The fourth-order valence-electron chi connectivity index (χ4n) is 2.51. The summed E-state index contributed by atoms with van der Waals surface area (Å²) in [4.78, 5) is 11.5. The summed E-state index contributed by atoms with van der Waals surface area (Å²) in [6.45, 7) is 5.86. The fraction of sp³-hybridized carbons (Fsp3) is 0.733. The first-order valence-electron chi connectivity index (χ1n) is 7.63. The Morgan fingerprint density at radius 1 is 1.20 bits per heavy atom. The van der Waals surface area contributed by atoms with Crippen LogP contribution in [0.4, 0.5) is 11.8 Å². The van der Waals surface area contributed by atoms with Gasteiger partial charge in [-0.1, -0.05) is 12.8 Å². The molecule has 1 aliphatic rings. The second-order valence-corrected chi connectivity index (χ2v) is 5.37. The molecule has 0 aliphatic carbocycles. The molecular weight excluding hydrogens is 252 g/mol. The van der Waals surface area contributed by atoms with Gasteiger partial charge in [0, 0.05) is 45.1 Å². The SMILES string of the molecule is COCCCNc1nc(C)cc(N2CCCCCC2)n1. The molecule has 20 heavy (non-hydrogen) atoms. The second-order valence-electron chi connectivity index (χ2n) is 5.37. The van der Waals surface area contributed by atoms with E-state index in [1.54, 1.807) is 7.11 Å². The smallest absolute Gasteiger partial charge is 0.224 e. The van der Waals surface area contributed by atoms with Gasteiger partial charge in [-0.15, -0.1) is 0 Å². The molecular formula is C15H26N4O. The number of anilines is 2. The average Bonchev–Trinajstić information content (AvgIpc) is 2.72. The Balaban J connectivity index is 1.99. The van der Waals surface area contributed by atoms with Crippen LogP contribution in [0.1, 0.15) is 37.8 Å². The van der Waals surface area contributed by atoms with E-state index < -0.39 is 0 Å². The van der Waals surface area contributed by atoms with Crippen LogP contribution in [0.25, 0.3) is 0 Å². The van der Waals surface area contributed by atoms with Gasteiger partial charge in [-0.2, -0.15) is 4.98 Å². The van der Waals surface area contributed by atoms with Gasteiger partial charge < -0.3 is 15.0 Å². The number of aromatic nitrogens is 2. The Bertz CT molecular complexity index is 403. The van der Waals surface area contributed by atoms with Gasteiger partial charge >= 0.3 is 0 Å². The van der Waals surface area contributed by atoms with Crippen LogP contribution >= 0.6 is 0 Å². The van der Waals surface area contributed by atoms with Crippen LogP contribution in [0.15, 0.2) is 6.07 Å². The largest absolute Gasteiger partial charge is 0.385 e. The predicted molar refractivity (Wildman–Crippen MR) is 82.4 cm³/mol. The van der Waals surface area contributed by atoms with Gasteiger partial charge in [-0.3, -0.25) is 0 Å². The summed E-state index contributed by atoms with van der Waals surface area (Å²) in [7, 11) is 1.72. The van der Waals surface area contributed by atoms with E-state index in [1.807, 2.05) is 6.92 Å². The van der Waals surface area contributed by atoms with Crippen LogP contribution in [-0.2, 0) is 4.74 Å². The summed E-state index contributed by atoms with van der Waals surface area (Å²) >= 11 is 0. The van der Waals surface area contributed by atoms with Gasteiger partial charge in [-0.25, -0.2) is 4.98 Å². The minimum Gasteiger partial charge on any atom is -0.385 e. The first-order chi connectivity index (χ1) is 9.79. The molecule has 5 nitrogen and oxygen atoms in total. The summed E-state index contributed by atoms with van der Waals surface area (Å²) in [6.07, 6.45) is 6.16. The molecule has 1 saturated heterocycles. The zero-order chi connectivity index (χ0) is 14.2. The maximum atomic E-state index is 5.05. The van der Waals surface area contributed by atoms with E-state index in [1.165, 1.54) is 25.7 Å². The Hall–Kier alpha value is -1.36. The number of methoxy groups -OCH3 is 1. The molecule has 0 aromatic carbocycles.